The lowest BCUT2D eigenvalue weighted by atomic mass is 9.77. The second-order valence-electron chi connectivity index (χ2n) is 7.81. The zero-order chi connectivity index (χ0) is 19.1. The van der Waals surface area contributed by atoms with Crippen LogP contribution in [0.3, 0.4) is 0 Å². The minimum atomic E-state index is 0.0901. The quantitative estimate of drug-likeness (QED) is 0.587. The average molecular weight is 416 g/mol. The summed E-state index contributed by atoms with van der Waals surface area (Å²) in [6.07, 6.45) is 8.02. The molecule has 3 aliphatic rings. The molecule has 2 aromatic rings. The molecule has 146 valence electrons. The van der Waals surface area contributed by atoms with Gasteiger partial charge in [0.05, 0.1) is 12.1 Å². The Kier molecular flexibility index (Phi) is 5.00. The van der Waals surface area contributed by atoms with Crippen LogP contribution in [0.2, 0.25) is 10.0 Å². The Labute approximate surface area is 175 Å². The van der Waals surface area contributed by atoms with E-state index in [1.807, 2.05) is 24.3 Å². The maximum Gasteiger partial charge on any atom is 0.119 e. The number of anilines is 1. The van der Waals surface area contributed by atoms with Crippen molar-refractivity contribution in [3.63, 3.8) is 0 Å². The molecule has 0 aromatic heterocycles. The molecule has 5 rings (SSSR count). The van der Waals surface area contributed by atoms with E-state index in [-0.39, 0.29) is 12.1 Å². The van der Waals surface area contributed by atoms with Gasteiger partial charge < -0.3 is 14.8 Å². The van der Waals surface area contributed by atoms with Crippen LogP contribution in [-0.2, 0) is 4.74 Å². The molecule has 0 bridgehead atoms. The highest BCUT2D eigenvalue weighted by molar-refractivity contribution is 6.36. The van der Waals surface area contributed by atoms with Gasteiger partial charge in [-0.2, -0.15) is 0 Å². The molecule has 4 atom stereocenters. The van der Waals surface area contributed by atoms with Crippen LogP contribution >= 0.6 is 23.2 Å². The van der Waals surface area contributed by atoms with Crippen LogP contribution in [0.1, 0.15) is 42.3 Å². The number of nitrogens with one attached hydrogen (secondary N) is 1. The molecule has 0 amide bonds. The third-order valence-corrected chi connectivity index (χ3v) is 6.76. The first-order chi connectivity index (χ1) is 13.7. The van der Waals surface area contributed by atoms with Gasteiger partial charge >= 0.3 is 0 Å². The van der Waals surface area contributed by atoms with Gasteiger partial charge in [0.25, 0.3) is 0 Å². The molecule has 0 radical (unpaired) electrons. The van der Waals surface area contributed by atoms with Crippen molar-refractivity contribution < 1.29 is 9.47 Å². The molecule has 2 aromatic carbocycles. The van der Waals surface area contributed by atoms with Crippen molar-refractivity contribution in [3.05, 3.63) is 69.7 Å². The molecule has 1 saturated heterocycles. The normalized spacial score (nSPS) is 27.9. The van der Waals surface area contributed by atoms with Gasteiger partial charge in [0.2, 0.25) is 0 Å². The topological polar surface area (TPSA) is 30.5 Å². The van der Waals surface area contributed by atoms with Crippen molar-refractivity contribution in [1.82, 2.24) is 0 Å². The highest BCUT2D eigenvalue weighted by Crippen LogP contribution is 2.52. The number of rotatable bonds is 4. The fraction of sp³-hybridized carbons (Fsp3) is 0.391. The second-order valence-corrected chi connectivity index (χ2v) is 8.62. The lowest BCUT2D eigenvalue weighted by Gasteiger charge is -2.38. The number of fused-ring (bicyclic) bond motifs is 3. The van der Waals surface area contributed by atoms with Crippen molar-refractivity contribution in [2.24, 2.45) is 5.92 Å². The monoisotopic (exact) mass is 415 g/mol. The van der Waals surface area contributed by atoms with Crippen LogP contribution in [0.4, 0.5) is 5.69 Å². The van der Waals surface area contributed by atoms with Gasteiger partial charge in [0.1, 0.15) is 12.4 Å². The van der Waals surface area contributed by atoms with Gasteiger partial charge in [-0.05, 0) is 61.1 Å². The van der Waals surface area contributed by atoms with Gasteiger partial charge in [-0.3, -0.25) is 0 Å². The molecule has 1 N–H and O–H groups in total. The molecule has 1 fully saturated rings. The van der Waals surface area contributed by atoms with Crippen LogP contribution in [0, 0.1) is 5.92 Å². The summed E-state index contributed by atoms with van der Waals surface area (Å²) in [7, 11) is 0. The molecule has 2 heterocycles. The Morgan fingerprint density at radius 3 is 2.79 bits per heavy atom. The Morgan fingerprint density at radius 1 is 1.14 bits per heavy atom. The van der Waals surface area contributed by atoms with E-state index in [1.165, 1.54) is 5.56 Å². The number of halogens is 2. The van der Waals surface area contributed by atoms with E-state index >= 15 is 0 Å². The summed E-state index contributed by atoms with van der Waals surface area (Å²) >= 11 is 13.1. The number of hydrogen-bond acceptors (Lipinski definition) is 3. The molecule has 28 heavy (non-hydrogen) atoms. The Bertz CT molecular complexity index is 887. The second kappa shape index (κ2) is 7.62. The van der Waals surface area contributed by atoms with Crippen LogP contribution in [0.25, 0.3) is 0 Å². The Morgan fingerprint density at radius 2 is 2.00 bits per heavy atom. The van der Waals surface area contributed by atoms with E-state index in [4.69, 9.17) is 32.7 Å². The predicted molar refractivity (Wildman–Crippen MR) is 114 cm³/mol. The summed E-state index contributed by atoms with van der Waals surface area (Å²) < 4.78 is 11.7. The first-order valence-electron chi connectivity index (χ1n) is 9.96. The maximum atomic E-state index is 6.53. The van der Waals surface area contributed by atoms with E-state index in [0.717, 1.165) is 52.9 Å². The minimum Gasteiger partial charge on any atom is -0.491 e. The molecule has 3 nitrogen and oxygen atoms in total. The van der Waals surface area contributed by atoms with Crippen LogP contribution in [-0.4, -0.2) is 19.3 Å². The molecule has 1 aliphatic carbocycles. The highest BCUT2D eigenvalue weighted by Gasteiger charge is 2.39. The van der Waals surface area contributed by atoms with Crippen LogP contribution in [0.5, 0.6) is 5.75 Å². The van der Waals surface area contributed by atoms with Crippen LogP contribution < -0.4 is 10.1 Å². The summed E-state index contributed by atoms with van der Waals surface area (Å²) in [5, 5.41) is 5.14. The van der Waals surface area contributed by atoms with Crippen molar-refractivity contribution in [1.29, 1.82) is 0 Å². The van der Waals surface area contributed by atoms with E-state index in [0.29, 0.717) is 18.4 Å². The fourth-order valence-electron chi connectivity index (χ4n) is 4.72. The lowest BCUT2D eigenvalue weighted by Crippen LogP contribution is -2.29. The predicted octanol–water partition coefficient (Wildman–Crippen LogP) is 6.38. The third kappa shape index (κ3) is 3.30. The maximum absolute atomic E-state index is 6.53. The third-order valence-electron chi connectivity index (χ3n) is 6.10. The SMILES string of the molecule is Clc1cccc(Cl)c1C1Nc2ccc(OCC3CCCO3)cc2C2C=CCC21. The standard InChI is InChI=1S/C23H23Cl2NO2/c24-19-7-2-8-20(25)22(19)23-17-6-1-5-16(17)18-12-14(9-10-21(18)26-23)28-13-15-4-3-11-27-15/h1-2,5,7-10,12,15-17,23,26H,3-4,6,11,13H2. The van der Waals surface area contributed by atoms with E-state index in [9.17, 15) is 0 Å². The zero-order valence-electron chi connectivity index (χ0n) is 15.5. The summed E-state index contributed by atoms with van der Waals surface area (Å²) in [6.45, 7) is 1.47. The fourth-order valence-corrected chi connectivity index (χ4v) is 5.35. The molecule has 2 aliphatic heterocycles. The van der Waals surface area contributed by atoms with Gasteiger partial charge in [-0.25, -0.2) is 0 Å². The van der Waals surface area contributed by atoms with Crippen LogP contribution in [0.15, 0.2) is 48.6 Å². The van der Waals surface area contributed by atoms with E-state index in [1.54, 1.807) is 0 Å². The molecular weight excluding hydrogens is 393 g/mol. The molecule has 0 saturated carbocycles. The molecular formula is C23H23Cl2NO2. The van der Waals surface area contributed by atoms with E-state index < -0.39 is 0 Å². The first-order valence-corrected chi connectivity index (χ1v) is 10.7. The van der Waals surface area contributed by atoms with Crippen molar-refractivity contribution in [2.75, 3.05) is 18.5 Å². The molecule has 4 unspecified atom stereocenters. The van der Waals surface area contributed by atoms with E-state index in [2.05, 4.69) is 29.6 Å². The van der Waals surface area contributed by atoms with Crippen molar-refractivity contribution in [3.8, 4) is 5.75 Å². The summed E-state index contributed by atoms with van der Waals surface area (Å²) in [5.41, 5.74) is 3.40. The zero-order valence-corrected chi connectivity index (χ0v) is 17.0. The summed E-state index contributed by atoms with van der Waals surface area (Å²) in [4.78, 5) is 0. The number of ether oxygens (including phenoxy) is 2. The summed E-state index contributed by atoms with van der Waals surface area (Å²) in [6, 6.07) is 12.1. The number of hydrogen-bond donors (Lipinski definition) is 1. The van der Waals surface area contributed by atoms with Gasteiger partial charge in [-0.15, -0.1) is 0 Å². The molecule has 0 spiro atoms. The van der Waals surface area contributed by atoms with Crippen molar-refractivity contribution >= 4 is 28.9 Å². The number of allylic oxidation sites excluding steroid dienone is 2. The first kappa shape index (κ1) is 18.4. The lowest BCUT2D eigenvalue weighted by molar-refractivity contribution is 0.0679. The van der Waals surface area contributed by atoms with Gasteiger partial charge in [0.15, 0.2) is 0 Å². The van der Waals surface area contributed by atoms with Gasteiger partial charge in [0, 0.05) is 33.8 Å². The minimum absolute atomic E-state index is 0.0901. The average Bonchev–Trinajstić information content (AvgIpc) is 3.38. The summed E-state index contributed by atoms with van der Waals surface area (Å²) in [5.74, 6) is 1.63. The molecule has 5 heteroatoms. The highest BCUT2D eigenvalue weighted by atomic mass is 35.5. The Hall–Kier alpha value is -1.68. The van der Waals surface area contributed by atoms with Crippen molar-refractivity contribution in [2.45, 2.75) is 37.3 Å². The van der Waals surface area contributed by atoms with Gasteiger partial charge in [-0.1, -0.05) is 41.4 Å². The number of benzene rings is 2. The largest absolute Gasteiger partial charge is 0.491 e. The Balaban J connectivity index is 1.44. The smallest absolute Gasteiger partial charge is 0.119 e.